The molecule has 2 fully saturated rings. The second-order valence-electron chi connectivity index (χ2n) is 11.5. The van der Waals surface area contributed by atoms with Crippen LogP contribution in [0.3, 0.4) is 0 Å². The fraction of sp³-hybridized carbons (Fsp3) is 0.364. The second-order valence-corrected chi connectivity index (χ2v) is 11.5. The molecule has 8 nitrogen and oxygen atoms in total. The van der Waals surface area contributed by atoms with Crippen LogP contribution in [-0.2, 0) is 15.2 Å². The van der Waals surface area contributed by atoms with Gasteiger partial charge in [-0.25, -0.2) is 9.98 Å². The lowest BCUT2D eigenvalue weighted by Crippen LogP contribution is -2.51. The molecular formula is C33H36N6O2. The molecule has 1 saturated carbocycles. The summed E-state index contributed by atoms with van der Waals surface area (Å²) in [6.45, 7) is 4.22. The monoisotopic (exact) mass is 548 g/mol. The van der Waals surface area contributed by atoms with E-state index in [-0.39, 0.29) is 11.9 Å². The summed E-state index contributed by atoms with van der Waals surface area (Å²) >= 11 is 0. The summed E-state index contributed by atoms with van der Waals surface area (Å²) in [7, 11) is 0. The fourth-order valence-corrected chi connectivity index (χ4v) is 6.66. The molecule has 210 valence electrons. The Kier molecular flexibility index (Phi) is 6.60. The zero-order valence-electron chi connectivity index (χ0n) is 23.4. The summed E-state index contributed by atoms with van der Waals surface area (Å²) in [5.41, 5.74) is 10.9. The van der Waals surface area contributed by atoms with E-state index in [9.17, 15) is 4.79 Å². The quantitative estimate of drug-likeness (QED) is 0.431. The average molecular weight is 549 g/mol. The Balaban J connectivity index is 1.11. The van der Waals surface area contributed by atoms with Crippen molar-refractivity contribution < 1.29 is 9.53 Å². The minimum Gasteiger partial charge on any atom is -0.466 e. The van der Waals surface area contributed by atoms with Gasteiger partial charge in [0.25, 0.3) is 0 Å². The molecule has 8 heteroatoms. The van der Waals surface area contributed by atoms with Crippen molar-refractivity contribution in [3.05, 3.63) is 90.5 Å². The van der Waals surface area contributed by atoms with Crippen LogP contribution in [0.1, 0.15) is 38.2 Å². The van der Waals surface area contributed by atoms with Gasteiger partial charge in [-0.05, 0) is 57.8 Å². The van der Waals surface area contributed by atoms with Gasteiger partial charge in [0.2, 0.25) is 0 Å². The molecule has 0 radical (unpaired) electrons. The van der Waals surface area contributed by atoms with Crippen LogP contribution in [0, 0.1) is 11.8 Å². The number of hydrogen-bond acceptors (Lipinski definition) is 8. The Bertz CT molecular complexity index is 1550. The number of nitrogens with two attached hydrogens (primary N) is 1. The highest BCUT2D eigenvalue weighted by Crippen LogP contribution is 2.45. The van der Waals surface area contributed by atoms with E-state index < -0.39 is 5.66 Å². The number of amidine groups is 1. The molecule has 4 aliphatic rings. The molecule has 3 aliphatic heterocycles. The number of pyridine rings is 1. The molecule has 3 aromatic rings. The van der Waals surface area contributed by atoms with E-state index in [4.69, 9.17) is 20.4 Å². The number of rotatable bonds is 6. The van der Waals surface area contributed by atoms with Crippen molar-refractivity contribution in [2.75, 3.05) is 19.7 Å². The SMILES string of the molecule is CCOC(=O)C1CCN(C2CC(C3=NC(N)(c4ccc5ccc(-c6ccccc6)nc5c4)C4=CNC=CN43)C2)CC1. The van der Waals surface area contributed by atoms with Crippen molar-refractivity contribution in [1.29, 1.82) is 0 Å². The molecule has 0 spiro atoms. The van der Waals surface area contributed by atoms with E-state index in [2.05, 4.69) is 57.6 Å². The van der Waals surface area contributed by atoms with Crippen molar-refractivity contribution in [1.82, 2.24) is 20.1 Å². The zero-order valence-corrected chi connectivity index (χ0v) is 23.4. The standard InChI is InChI=1S/C33H36N6O2/c1-2-41-32(40)24-12-15-38(16-13-24)27-18-25(19-27)31-37-33(34,30-21-35-14-17-39(30)31)26-10-8-23-9-11-28(36-29(23)20-26)22-6-4-3-5-7-22/h3-11,14,17,20-21,24-25,27,35H,2,12-13,15-16,18-19,34H2,1H3. The molecule has 0 bridgehead atoms. The molecule has 1 saturated heterocycles. The summed E-state index contributed by atoms with van der Waals surface area (Å²) in [5.74, 6) is 1.36. The minimum atomic E-state index is -1.01. The number of nitrogens with zero attached hydrogens (tertiary/aromatic N) is 4. The molecular weight excluding hydrogens is 512 g/mol. The van der Waals surface area contributed by atoms with E-state index in [1.54, 1.807) is 0 Å². The molecule has 3 N–H and O–H groups in total. The molecule has 0 amide bonds. The number of fused-ring (bicyclic) bond motifs is 2. The van der Waals surface area contributed by atoms with Gasteiger partial charge in [-0.2, -0.15) is 0 Å². The van der Waals surface area contributed by atoms with Crippen molar-refractivity contribution in [3.8, 4) is 11.3 Å². The van der Waals surface area contributed by atoms with Crippen LogP contribution in [0.15, 0.2) is 90.0 Å². The number of aromatic nitrogens is 1. The van der Waals surface area contributed by atoms with Crippen LogP contribution in [0.25, 0.3) is 22.2 Å². The third-order valence-electron chi connectivity index (χ3n) is 9.07. The minimum absolute atomic E-state index is 0.0387. The number of likely N-dealkylation sites (tertiary alicyclic amines) is 1. The third kappa shape index (κ3) is 4.61. The van der Waals surface area contributed by atoms with Gasteiger partial charge in [-0.15, -0.1) is 0 Å². The highest BCUT2D eigenvalue weighted by Gasteiger charge is 2.48. The topological polar surface area (TPSA) is 96.1 Å². The van der Waals surface area contributed by atoms with E-state index in [0.717, 1.165) is 78.0 Å². The van der Waals surface area contributed by atoms with Crippen molar-refractivity contribution in [2.45, 2.75) is 44.3 Å². The number of nitrogens with one attached hydrogen (secondary N) is 1. The lowest BCUT2D eigenvalue weighted by Gasteiger charge is -2.46. The molecule has 1 aliphatic carbocycles. The number of carbonyl (C=O) groups is 1. The van der Waals surface area contributed by atoms with Gasteiger partial charge in [0.15, 0.2) is 5.66 Å². The first-order chi connectivity index (χ1) is 20.0. The smallest absolute Gasteiger partial charge is 0.309 e. The Morgan fingerprint density at radius 3 is 2.66 bits per heavy atom. The van der Waals surface area contributed by atoms with Gasteiger partial charge < -0.3 is 19.9 Å². The number of carbonyl (C=O) groups excluding carboxylic acids is 1. The molecule has 2 aromatic carbocycles. The maximum Gasteiger partial charge on any atom is 0.309 e. The molecule has 1 aromatic heterocycles. The van der Waals surface area contributed by atoms with E-state index >= 15 is 0 Å². The first kappa shape index (κ1) is 25.9. The first-order valence-electron chi connectivity index (χ1n) is 14.7. The summed E-state index contributed by atoms with van der Waals surface area (Å²) in [6.07, 6.45) is 9.77. The van der Waals surface area contributed by atoms with E-state index in [0.29, 0.717) is 18.6 Å². The van der Waals surface area contributed by atoms with Crippen LogP contribution >= 0.6 is 0 Å². The number of esters is 1. The number of piperidine rings is 1. The van der Waals surface area contributed by atoms with Crippen LogP contribution in [0.2, 0.25) is 0 Å². The largest absolute Gasteiger partial charge is 0.466 e. The maximum absolute atomic E-state index is 12.2. The molecule has 7 rings (SSSR count). The average Bonchev–Trinajstić information content (AvgIpc) is 3.30. The third-order valence-corrected chi connectivity index (χ3v) is 9.07. The maximum atomic E-state index is 12.2. The van der Waals surface area contributed by atoms with Gasteiger partial charge in [-0.3, -0.25) is 10.5 Å². The molecule has 1 unspecified atom stereocenters. The van der Waals surface area contributed by atoms with Gasteiger partial charge in [0, 0.05) is 47.1 Å². The molecule has 1 atom stereocenters. The summed E-state index contributed by atoms with van der Waals surface area (Å²) < 4.78 is 5.25. The van der Waals surface area contributed by atoms with Gasteiger partial charge in [-0.1, -0.05) is 48.5 Å². The lowest BCUT2D eigenvalue weighted by atomic mass is 9.77. The van der Waals surface area contributed by atoms with E-state index in [1.807, 2.05) is 43.7 Å². The number of aliphatic imine (C=N–C) groups is 1. The Hall–Kier alpha value is -4.01. The van der Waals surface area contributed by atoms with E-state index in [1.165, 1.54) is 0 Å². The van der Waals surface area contributed by atoms with Gasteiger partial charge in [0.1, 0.15) is 5.84 Å². The highest BCUT2D eigenvalue weighted by molar-refractivity contribution is 5.92. The predicted molar refractivity (Wildman–Crippen MR) is 160 cm³/mol. The van der Waals surface area contributed by atoms with Gasteiger partial charge >= 0.3 is 5.97 Å². The Labute approximate surface area is 240 Å². The summed E-state index contributed by atoms with van der Waals surface area (Å²) in [4.78, 5) is 27.1. The number of benzene rings is 2. The van der Waals surface area contributed by atoms with Crippen LogP contribution < -0.4 is 11.1 Å². The normalized spacial score (nSPS) is 26.1. The fourth-order valence-electron chi connectivity index (χ4n) is 6.66. The Morgan fingerprint density at radius 1 is 1.10 bits per heavy atom. The summed E-state index contributed by atoms with van der Waals surface area (Å²) in [5, 5.41) is 4.30. The number of hydrogen-bond donors (Lipinski definition) is 2. The molecule has 4 heterocycles. The van der Waals surface area contributed by atoms with Crippen LogP contribution in [0.4, 0.5) is 0 Å². The summed E-state index contributed by atoms with van der Waals surface area (Å²) in [6, 6.07) is 21.2. The van der Waals surface area contributed by atoms with Gasteiger partial charge in [0.05, 0.1) is 29.4 Å². The zero-order chi connectivity index (χ0) is 28.0. The van der Waals surface area contributed by atoms with Crippen molar-refractivity contribution in [3.63, 3.8) is 0 Å². The number of ether oxygens (including phenoxy) is 1. The second kappa shape index (κ2) is 10.4. The first-order valence-corrected chi connectivity index (χ1v) is 14.7. The highest BCUT2D eigenvalue weighted by atomic mass is 16.5. The van der Waals surface area contributed by atoms with Crippen molar-refractivity contribution in [2.24, 2.45) is 22.6 Å². The van der Waals surface area contributed by atoms with Crippen molar-refractivity contribution >= 4 is 22.7 Å². The lowest BCUT2D eigenvalue weighted by molar-refractivity contribution is -0.150. The van der Waals surface area contributed by atoms with Crippen LogP contribution in [-0.4, -0.2) is 52.3 Å². The van der Waals surface area contributed by atoms with Crippen LogP contribution in [0.5, 0.6) is 0 Å². The Morgan fingerprint density at radius 2 is 1.88 bits per heavy atom. The predicted octanol–water partition coefficient (Wildman–Crippen LogP) is 4.70. The molecule has 41 heavy (non-hydrogen) atoms.